The fourth-order valence-corrected chi connectivity index (χ4v) is 1.40. The smallest absolute Gasteiger partial charge is 0.00103 e. The highest BCUT2D eigenvalue weighted by Crippen LogP contribution is 2.14. The van der Waals surface area contributed by atoms with E-state index >= 15 is 0 Å². The molecule has 1 rings (SSSR count). The predicted octanol–water partition coefficient (Wildman–Crippen LogP) is 2.51. The summed E-state index contributed by atoms with van der Waals surface area (Å²) in [7, 11) is 0. The van der Waals surface area contributed by atoms with Gasteiger partial charge in [-0.15, -0.1) is 0 Å². The molecule has 12 heavy (non-hydrogen) atoms. The van der Waals surface area contributed by atoms with Crippen LogP contribution in [0.3, 0.4) is 0 Å². The number of rotatable bonds is 5. The van der Waals surface area contributed by atoms with Crippen molar-refractivity contribution in [2.75, 3.05) is 6.54 Å². The summed E-state index contributed by atoms with van der Waals surface area (Å²) < 4.78 is 0. The maximum absolute atomic E-state index is 3.42. The van der Waals surface area contributed by atoms with Crippen molar-refractivity contribution in [1.29, 1.82) is 0 Å². The summed E-state index contributed by atoms with van der Waals surface area (Å²) in [5.41, 5.74) is 0. The van der Waals surface area contributed by atoms with Crippen molar-refractivity contribution in [2.24, 2.45) is 5.92 Å². The maximum Gasteiger partial charge on any atom is 0.00103 e. The highest BCUT2D eigenvalue weighted by Gasteiger charge is 2.02. The van der Waals surface area contributed by atoms with Gasteiger partial charge in [0.05, 0.1) is 0 Å². The third kappa shape index (κ3) is 3.72. The van der Waals surface area contributed by atoms with Crippen molar-refractivity contribution in [3.63, 3.8) is 0 Å². The van der Waals surface area contributed by atoms with E-state index in [4.69, 9.17) is 0 Å². The van der Waals surface area contributed by atoms with Gasteiger partial charge in [0.15, 0.2) is 0 Å². The lowest BCUT2D eigenvalue weighted by molar-refractivity contribution is 0.541. The van der Waals surface area contributed by atoms with Gasteiger partial charge in [-0.3, -0.25) is 0 Å². The largest absolute Gasteiger partial charge is 0.315 e. The molecular formula is C11H19N. The van der Waals surface area contributed by atoms with E-state index in [0.717, 1.165) is 6.54 Å². The number of nitrogens with one attached hydrogen (secondary N) is 1. The molecule has 0 atom stereocenters. The van der Waals surface area contributed by atoms with Crippen LogP contribution in [0.25, 0.3) is 0 Å². The molecule has 0 radical (unpaired) electrons. The zero-order valence-electron chi connectivity index (χ0n) is 8.09. The second-order valence-electron chi connectivity index (χ2n) is 3.68. The Morgan fingerprint density at radius 3 is 2.50 bits per heavy atom. The lowest BCUT2D eigenvalue weighted by Gasteiger charge is -2.08. The molecule has 1 heteroatoms. The zero-order valence-corrected chi connectivity index (χ0v) is 8.09. The van der Waals surface area contributed by atoms with Gasteiger partial charge < -0.3 is 5.32 Å². The first-order valence-electron chi connectivity index (χ1n) is 4.87. The normalized spacial score (nSPS) is 16.6. The van der Waals surface area contributed by atoms with Crippen LogP contribution in [-0.4, -0.2) is 12.6 Å². The summed E-state index contributed by atoms with van der Waals surface area (Å²) in [4.78, 5) is 0. The summed E-state index contributed by atoms with van der Waals surface area (Å²) in [6.07, 6.45) is 11.4. The minimum absolute atomic E-state index is 0.625. The molecule has 0 aliphatic heterocycles. The fourth-order valence-electron chi connectivity index (χ4n) is 1.40. The first-order valence-corrected chi connectivity index (χ1v) is 4.87. The molecule has 0 aromatic rings. The van der Waals surface area contributed by atoms with Gasteiger partial charge >= 0.3 is 0 Å². The summed E-state index contributed by atoms with van der Waals surface area (Å²) >= 11 is 0. The van der Waals surface area contributed by atoms with Gasteiger partial charge in [0.1, 0.15) is 0 Å². The van der Waals surface area contributed by atoms with Crippen LogP contribution in [0.15, 0.2) is 24.3 Å². The fraction of sp³-hybridized carbons (Fsp3) is 0.636. The van der Waals surface area contributed by atoms with Crippen LogP contribution in [0, 0.1) is 5.92 Å². The van der Waals surface area contributed by atoms with Crippen molar-refractivity contribution in [3.8, 4) is 0 Å². The number of allylic oxidation sites excluding steroid dienone is 4. The van der Waals surface area contributed by atoms with Crippen molar-refractivity contribution >= 4 is 0 Å². The predicted molar refractivity (Wildman–Crippen MR) is 54.1 cm³/mol. The average Bonchev–Trinajstić information content (AvgIpc) is 2.49. The Bertz CT molecular complexity index is 156. The molecule has 0 amide bonds. The minimum Gasteiger partial charge on any atom is -0.315 e. The molecule has 1 nitrogen and oxygen atoms in total. The second-order valence-corrected chi connectivity index (χ2v) is 3.68. The van der Waals surface area contributed by atoms with E-state index in [1.807, 2.05) is 0 Å². The van der Waals surface area contributed by atoms with Crippen molar-refractivity contribution < 1.29 is 0 Å². The molecular weight excluding hydrogens is 146 g/mol. The molecule has 1 aliphatic carbocycles. The molecule has 1 aliphatic rings. The molecule has 1 N–H and O–H groups in total. The Morgan fingerprint density at radius 1 is 1.25 bits per heavy atom. The third-order valence-corrected chi connectivity index (χ3v) is 2.09. The average molecular weight is 165 g/mol. The number of hydrogen-bond donors (Lipinski definition) is 1. The topological polar surface area (TPSA) is 12.0 Å². The van der Waals surface area contributed by atoms with E-state index in [0.29, 0.717) is 12.0 Å². The van der Waals surface area contributed by atoms with Crippen molar-refractivity contribution in [2.45, 2.75) is 32.7 Å². The quantitative estimate of drug-likeness (QED) is 0.617. The Kier molecular flexibility index (Phi) is 4.09. The lowest BCUT2D eigenvalue weighted by atomic mass is 10.1. The zero-order chi connectivity index (χ0) is 8.81. The molecule has 0 unspecified atom stereocenters. The molecule has 0 aromatic carbocycles. The summed E-state index contributed by atoms with van der Waals surface area (Å²) in [5.74, 6) is 0.707. The van der Waals surface area contributed by atoms with Crippen LogP contribution < -0.4 is 5.32 Å². The van der Waals surface area contributed by atoms with Crippen LogP contribution in [-0.2, 0) is 0 Å². The Labute approximate surface area is 75.6 Å². The van der Waals surface area contributed by atoms with Crippen LogP contribution in [0.4, 0.5) is 0 Å². The highest BCUT2D eigenvalue weighted by molar-refractivity contribution is 5.17. The van der Waals surface area contributed by atoms with E-state index in [1.165, 1.54) is 12.8 Å². The van der Waals surface area contributed by atoms with Crippen LogP contribution >= 0.6 is 0 Å². The summed E-state index contributed by atoms with van der Waals surface area (Å²) in [5, 5.41) is 3.42. The lowest BCUT2D eigenvalue weighted by Crippen LogP contribution is -2.23. The SMILES string of the molecule is CC(C)NCCCC1C=CC=C1. The van der Waals surface area contributed by atoms with Crippen molar-refractivity contribution in [3.05, 3.63) is 24.3 Å². The molecule has 0 heterocycles. The van der Waals surface area contributed by atoms with Crippen LogP contribution in [0.1, 0.15) is 26.7 Å². The molecule has 0 saturated carbocycles. The van der Waals surface area contributed by atoms with E-state index in [9.17, 15) is 0 Å². The highest BCUT2D eigenvalue weighted by atomic mass is 14.9. The van der Waals surface area contributed by atoms with Gasteiger partial charge in [-0.1, -0.05) is 38.2 Å². The monoisotopic (exact) mass is 165 g/mol. The molecule has 0 saturated heterocycles. The van der Waals surface area contributed by atoms with Gasteiger partial charge in [0, 0.05) is 6.04 Å². The van der Waals surface area contributed by atoms with Gasteiger partial charge in [0.2, 0.25) is 0 Å². The standard InChI is InChI=1S/C11H19N/c1-10(2)12-9-5-8-11-6-3-4-7-11/h3-4,6-7,10-12H,5,8-9H2,1-2H3. The molecule has 68 valence electrons. The molecule has 0 bridgehead atoms. The van der Waals surface area contributed by atoms with Gasteiger partial charge in [-0.2, -0.15) is 0 Å². The minimum atomic E-state index is 0.625. The molecule has 0 aromatic heterocycles. The van der Waals surface area contributed by atoms with E-state index in [-0.39, 0.29) is 0 Å². The van der Waals surface area contributed by atoms with Gasteiger partial charge in [0.25, 0.3) is 0 Å². The molecule has 0 spiro atoms. The van der Waals surface area contributed by atoms with E-state index < -0.39 is 0 Å². The van der Waals surface area contributed by atoms with Gasteiger partial charge in [-0.05, 0) is 25.3 Å². The van der Waals surface area contributed by atoms with Crippen LogP contribution in [0.2, 0.25) is 0 Å². The second kappa shape index (κ2) is 5.15. The number of hydrogen-bond acceptors (Lipinski definition) is 1. The first-order chi connectivity index (χ1) is 5.79. The maximum atomic E-state index is 3.42. The van der Waals surface area contributed by atoms with Gasteiger partial charge in [-0.25, -0.2) is 0 Å². The van der Waals surface area contributed by atoms with Crippen molar-refractivity contribution in [1.82, 2.24) is 5.32 Å². The third-order valence-electron chi connectivity index (χ3n) is 2.09. The Balaban J connectivity index is 1.95. The van der Waals surface area contributed by atoms with Crippen LogP contribution in [0.5, 0.6) is 0 Å². The van der Waals surface area contributed by atoms with E-state index in [1.54, 1.807) is 0 Å². The molecule has 0 fully saturated rings. The first kappa shape index (κ1) is 9.53. The Morgan fingerprint density at radius 2 is 1.92 bits per heavy atom. The summed E-state index contributed by atoms with van der Waals surface area (Å²) in [6, 6.07) is 0.625. The Hall–Kier alpha value is -0.560. The summed E-state index contributed by atoms with van der Waals surface area (Å²) in [6.45, 7) is 5.53. The van der Waals surface area contributed by atoms with E-state index in [2.05, 4.69) is 43.5 Å².